The number of nitrogens with zero attached hydrogens (tertiary/aromatic N) is 3. The third kappa shape index (κ3) is 4.60. The molecule has 54 heavy (non-hydrogen) atoms. The van der Waals surface area contributed by atoms with E-state index in [0.29, 0.717) is 17.5 Å². The maximum Gasteiger partial charge on any atom is 0.164 e. The highest BCUT2D eigenvalue weighted by Crippen LogP contribution is 2.49. The highest BCUT2D eigenvalue weighted by molar-refractivity contribution is 6.16. The van der Waals surface area contributed by atoms with Crippen LogP contribution in [0.3, 0.4) is 0 Å². The van der Waals surface area contributed by atoms with Gasteiger partial charge in [0.2, 0.25) is 0 Å². The Kier molecular flexibility index (Phi) is 6.56. The third-order valence-electron chi connectivity index (χ3n) is 11.3. The van der Waals surface area contributed by atoms with Crippen LogP contribution >= 0.6 is 0 Å². The number of furan rings is 1. The first kappa shape index (κ1) is 30.7. The number of aromatic nitrogens is 3. The van der Waals surface area contributed by atoms with E-state index in [-0.39, 0.29) is 5.41 Å². The van der Waals surface area contributed by atoms with Gasteiger partial charge in [0.25, 0.3) is 0 Å². The molecule has 8 aromatic carbocycles. The first-order valence-electron chi connectivity index (χ1n) is 18.4. The standard InChI is InChI=1S/C50H33N3O/c1-50(2)42-19-9-7-16-37(42)38-25-24-33(29-43(38)50)48-51-47(32-23-22-30-12-3-4-13-31(30)28-32)52-49(53-48)40-27-26-36(34-14-5-6-15-35(34)40)39-18-11-21-45-46(39)41-17-8-10-20-44(41)54-45/h3-29H,1-2H3. The van der Waals surface area contributed by atoms with Gasteiger partial charge in [0.15, 0.2) is 17.5 Å². The molecule has 11 rings (SSSR count). The third-order valence-corrected chi connectivity index (χ3v) is 11.3. The van der Waals surface area contributed by atoms with Crippen LogP contribution in [0.4, 0.5) is 0 Å². The summed E-state index contributed by atoms with van der Waals surface area (Å²) in [7, 11) is 0. The van der Waals surface area contributed by atoms with Crippen LogP contribution in [0.1, 0.15) is 25.0 Å². The number of para-hydroxylation sites is 1. The molecule has 1 aliphatic carbocycles. The van der Waals surface area contributed by atoms with Crippen LogP contribution in [0.5, 0.6) is 0 Å². The van der Waals surface area contributed by atoms with Gasteiger partial charge in [0, 0.05) is 32.9 Å². The van der Waals surface area contributed by atoms with Gasteiger partial charge >= 0.3 is 0 Å². The Balaban J connectivity index is 1.13. The lowest BCUT2D eigenvalue weighted by molar-refractivity contribution is 0.660. The molecule has 0 spiro atoms. The van der Waals surface area contributed by atoms with Crippen LogP contribution < -0.4 is 0 Å². The molecular weight excluding hydrogens is 659 g/mol. The largest absolute Gasteiger partial charge is 0.456 e. The number of rotatable bonds is 4. The minimum atomic E-state index is -0.145. The predicted molar refractivity (Wildman–Crippen MR) is 221 cm³/mol. The first-order valence-corrected chi connectivity index (χ1v) is 18.4. The Bertz CT molecular complexity index is 3150. The van der Waals surface area contributed by atoms with E-state index >= 15 is 0 Å². The van der Waals surface area contributed by atoms with Crippen LogP contribution in [0.2, 0.25) is 0 Å². The Morgan fingerprint density at radius 3 is 1.81 bits per heavy atom. The second-order valence-corrected chi connectivity index (χ2v) is 14.8. The molecule has 0 saturated heterocycles. The summed E-state index contributed by atoms with van der Waals surface area (Å²) < 4.78 is 6.29. The zero-order valence-corrected chi connectivity index (χ0v) is 29.8. The zero-order chi connectivity index (χ0) is 36.0. The van der Waals surface area contributed by atoms with Crippen molar-refractivity contribution in [3.05, 3.63) is 175 Å². The fourth-order valence-electron chi connectivity index (χ4n) is 8.65. The van der Waals surface area contributed by atoms with Gasteiger partial charge in [-0.25, -0.2) is 15.0 Å². The van der Waals surface area contributed by atoms with Crippen molar-refractivity contribution in [3.63, 3.8) is 0 Å². The van der Waals surface area contributed by atoms with Crippen molar-refractivity contribution in [1.82, 2.24) is 15.0 Å². The molecule has 0 fully saturated rings. The number of hydrogen-bond donors (Lipinski definition) is 0. The molecule has 0 atom stereocenters. The molecule has 0 unspecified atom stereocenters. The summed E-state index contributed by atoms with van der Waals surface area (Å²) in [4.78, 5) is 15.7. The highest BCUT2D eigenvalue weighted by Gasteiger charge is 2.35. The van der Waals surface area contributed by atoms with Crippen LogP contribution in [0.25, 0.3) is 99.9 Å². The van der Waals surface area contributed by atoms with E-state index in [2.05, 4.69) is 166 Å². The van der Waals surface area contributed by atoms with Gasteiger partial charge in [-0.3, -0.25) is 0 Å². The van der Waals surface area contributed by atoms with E-state index in [0.717, 1.165) is 65.9 Å². The van der Waals surface area contributed by atoms with Crippen molar-refractivity contribution in [2.24, 2.45) is 0 Å². The van der Waals surface area contributed by atoms with Crippen molar-refractivity contribution in [3.8, 4) is 56.4 Å². The van der Waals surface area contributed by atoms with Crippen LogP contribution in [0, 0.1) is 0 Å². The first-order chi connectivity index (χ1) is 26.5. The number of benzene rings is 8. The molecule has 2 heterocycles. The summed E-state index contributed by atoms with van der Waals surface area (Å²) in [5.41, 5.74) is 12.0. The van der Waals surface area contributed by atoms with Crippen LogP contribution in [-0.4, -0.2) is 15.0 Å². The van der Waals surface area contributed by atoms with Gasteiger partial charge in [-0.1, -0.05) is 147 Å². The van der Waals surface area contributed by atoms with E-state index in [1.165, 1.54) is 27.6 Å². The smallest absolute Gasteiger partial charge is 0.164 e. The summed E-state index contributed by atoms with van der Waals surface area (Å²) in [6, 6.07) is 57.8. The van der Waals surface area contributed by atoms with E-state index < -0.39 is 0 Å². The molecule has 0 amide bonds. The van der Waals surface area contributed by atoms with Crippen molar-refractivity contribution >= 4 is 43.5 Å². The van der Waals surface area contributed by atoms with Gasteiger partial charge in [-0.2, -0.15) is 0 Å². The fraction of sp³-hybridized carbons (Fsp3) is 0.0600. The molecule has 10 aromatic rings. The quantitative estimate of drug-likeness (QED) is 0.184. The van der Waals surface area contributed by atoms with E-state index in [1.54, 1.807) is 0 Å². The molecule has 0 N–H and O–H groups in total. The van der Waals surface area contributed by atoms with Gasteiger partial charge in [-0.05, 0) is 85.3 Å². The van der Waals surface area contributed by atoms with Gasteiger partial charge < -0.3 is 4.42 Å². The predicted octanol–water partition coefficient (Wildman–Crippen LogP) is 13.1. The average molecular weight is 692 g/mol. The molecule has 0 bridgehead atoms. The van der Waals surface area contributed by atoms with E-state index in [9.17, 15) is 0 Å². The van der Waals surface area contributed by atoms with Crippen molar-refractivity contribution in [2.45, 2.75) is 19.3 Å². The molecule has 0 aliphatic heterocycles. The van der Waals surface area contributed by atoms with Crippen LogP contribution in [0.15, 0.2) is 168 Å². The lowest BCUT2D eigenvalue weighted by Crippen LogP contribution is -2.15. The molecule has 4 nitrogen and oxygen atoms in total. The summed E-state index contributed by atoms with van der Waals surface area (Å²) in [6.07, 6.45) is 0. The van der Waals surface area contributed by atoms with Gasteiger partial charge in [0.1, 0.15) is 11.2 Å². The zero-order valence-electron chi connectivity index (χ0n) is 29.8. The SMILES string of the molecule is CC1(C)c2ccccc2-c2ccc(-c3nc(-c4ccc5ccccc5c4)nc(-c4ccc(-c5cccc6oc7ccccc7c56)c5ccccc45)n3)cc21. The molecule has 0 saturated carbocycles. The maximum atomic E-state index is 6.29. The Labute approximate surface area is 312 Å². The van der Waals surface area contributed by atoms with Crippen molar-refractivity contribution < 1.29 is 4.42 Å². The Morgan fingerprint density at radius 2 is 0.963 bits per heavy atom. The molecule has 4 heteroatoms. The van der Waals surface area contributed by atoms with Gasteiger partial charge in [0.05, 0.1) is 0 Å². The second-order valence-electron chi connectivity index (χ2n) is 14.8. The number of fused-ring (bicyclic) bond motifs is 8. The van der Waals surface area contributed by atoms with E-state index in [1.807, 2.05) is 12.1 Å². The van der Waals surface area contributed by atoms with Crippen molar-refractivity contribution in [2.75, 3.05) is 0 Å². The van der Waals surface area contributed by atoms with E-state index in [4.69, 9.17) is 19.4 Å². The normalized spacial score (nSPS) is 13.1. The minimum absolute atomic E-state index is 0.145. The van der Waals surface area contributed by atoms with Gasteiger partial charge in [-0.15, -0.1) is 0 Å². The Morgan fingerprint density at radius 1 is 0.389 bits per heavy atom. The van der Waals surface area contributed by atoms with Crippen molar-refractivity contribution in [1.29, 1.82) is 0 Å². The Hall–Kier alpha value is -6.91. The highest BCUT2D eigenvalue weighted by atomic mass is 16.3. The number of hydrogen-bond acceptors (Lipinski definition) is 4. The molecular formula is C50H33N3O. The lowest BCUT2D eigenvalue weighted by Gasteiger charge is -2.21. The topological polar surface area (TPSA) is 51.8 Å². The summed E-state index contributed by atoms with van der Waals surface area (Å²) >= 11 is 0. The molecule has 0 radical (unpaired) electrons. The minimum Gasteiger partial charge on any atom is -0.456 e. The summed E-state index contributed by atoms with van der Waals surface area (Å²) in [5, 5.41) is 6.75. The monoisotopic (exact) mass is 691 g/mol. The molecule has 2 aromatic heterocycles. The molecule has 1 aliphatic rings. The summed E-state index contributed by atoms with van der Waals surface area (Å²) in [5.74, 6) is 1.94. The average Bonchev–Trinajstić information content (AvgIpc) is 3.72. The lowest BCUT2D eigenvalue weighted by atomic mass is 9.82. The van der Waals surface area contributed by atoms with Crippen LogP contribution in [-0.2, 0) is 5.41 Å². The second kappa shape index (κ2) is 11.5. The maximum absolute atomic E-state index is 6.29. The summed E-state index contributed by atoms with van der Waals surface area (Å²) in [6.45, 7) is 4.61. The molecule has 254 valence electrons. The fourth-order valence-corrected chi connectivity index (χ4v) is 8.65.